The van der Waals surface area contributed by atoms with E-state index in [1.54, 1.807) is 24.7 Å². The fraction of sp³-hybridized carbons (Fsp3) is 0.167. The standard InChI is InChI=1S/C30H24FN7O/c31-20-7-3-6-18(12-20)27-22-14-26(35-24(22)10-11-33-27)29-28-25(37-38-29)9-8-23(36-28)19-13-21(16-32-15-19)34-30(39)17-4-1-2-5-17/h3,6-17,35H,1-2,4-5H2,(H,34,39)(H,37,38). The van der Waals surface area contributed by atoms with Gasteiger partial charge in [0.2, 0.25) is 5.91 Å². The minimum Gasteiger partial charge on any atom is -0.353 e. The molecule has 0 unspecified atom stereocenters. The van der Waals surface area contributed by atoms with Crippen LogP contribution in [0.1, 0.15) is 25.7 Å². The summed E-state index contributed by atoms with van der Waals surface area (Å²) in [4.78, 5) is 29.8. The molecule has 0 bridgehead atoms. The normalized spacial score (nSPS) is 13.9. The topological polar surface area (TPSA) is 112 Å². The molecule has 0 atom stereocenters. The maximum Gasteiger partial charge on any atom is 0.227 e. The van der Waals surface area contributed by atoms with E-state index < -0.39 is 0 Å². The first-order valence-electron chi connectivity index (χ1n) is 13.0. The molecular weight excluding hydrogens is 493 g/mol. The van der Waals surface area contributed by atoms with Gasteiger partial charge in [0.1, 0.15) is 17.0 Å². The number of carbonyl (C=O) groups excluding carboxylic acids is 1. The number of fused-ring (bicyclic) bond motifs is 2. The van der Waals surface area contributed by atoms with Crippen LogP contribution in [0.3, 0.4) is 0 Å². The first-order chi connectivity index (χ1) is 19.1. The number of anilines is 1. The third-order valence-electron chi connectivity index (χ3n) is 7.34. The molecule has 39 heavy (non-hydrogen) atoms. The van der Waals surface area contributed by atoms with Crippen LogP contribution in [-0.4, -0.2) is 36.0 Å². The lowest BCUT2D eigenvalue weighted by Crippen LogP contribution is -2.20. The number of carbonyl (C=O) groups is 1. The highest BCUT2D eigenvalue weighted by molar-refractivity contribution is 5.99. The number of halogens is 1. The molecule has 1 fully saturated rings. The molecule has 5 aromatic heterocycles. The molecule has 192 valence electrons. The van der Waals surface area contributed by atoms with Gasteiger partial charge >= 0.3 is 0 Å². The van der Waals surface area contributed by atoms with E-state index in [0.29, 0.717) is 33.8 Å². The summed E-state index contributed by atoms with van der Waals surface area (Å²) in [6.45, 7) is 0. The van der Waals surface area contributed by atoms with Crippen molar-refractivity contribution in [3.63, 3.8) is 0 Å². The van der Waals surface area contributed by atoms with Crippen molar-refractivity contribution >= 4 is 33.5 Å². The van der Waals surface area contributed by atoms with Crippen molar-refractivity contribution in [3.8, 4) is 33.9 Å². The van der Waals surface area contributed by atoms with Gasteiger partial charge in [-0.2, -0.15) is 5.10 Å². The Balaban J connectivity index is 1.25. The Bertz CT molecular complexity index is 1850. The molecule has 8 nitrogen and oxygen atoms in total. The Morgan fingerprint density at radius 2 is 1.85 bits per heavy atom. The van der Waals surface area contributed by atoms with Gasteiger partial charge < -0.3 is 10.3 Å². The third-order valence-corrected chi connectivity index (χ3v) is 7.34. The van der Waals surface area contributed by atoms with E-state index in [1.807, 2.05) is 36.4 Å². The number of hydrogen-bond donors (Lipinski definition) is 3. The minimum absolute atomic E-state index is 0.0536. The van der Waals surface area contributed by atoms with Gasteiger partial charge in [0.15, 0.2) is 0 Å². The number of hydrogen-bond acceptors (Lipinski definition) is 5. The monoisotopic (exact) mass is 517 g/mol. The van der Waals surface area contributed by atoms with Crippen LogP contribution in [0.5, 0.6) is 0 Å². The lowest BCUT2D eigenvalue weighted by Gasteiger charge is -2.11. The molecule has 1 aliphatic carbocycles. The minimum atomic E-state index is -0.311. The molecule has 9 heteroatoms. The molecule has 0 aliphatic heterocycles. The Morgan fingerprint density at radius 3 is 2.72 bits per heavy atom. The summed E-state index contributed by atoms with van der Waals surface area (Å²) in [5.74, 6) is -0.184. The van der Waals surface area contributed by atoms with Gasteiger partial charge in [0.05, 0.1) is 34.5 Å². The second-order valence-electron chi connectivity index (χ2n) is 9.91. The first kappa shape index (κ1) is 23.2. The second kappa shape index (κ2) is 9.43. The van der Waals surface area contributed by atoms with Gasteiger partial charge in [-0.3, -0.25) is 19.9 Å². The van der Waals surface area contributed by atoms with Gasteiger partial charge in [0.25, 0.3) is 0 Å². The van der Waals surface area contributed by atoms with E-state index >= 15 is 0 Å². The summed E-state index contributed by atoms with van der Waals surface area (Å²) in [6, 6.07) is 16.0. The van der Waals surface area contributed by atoms with Crippen LogP contribution >= 0.6 is 0 Å². The number of pyridine rings is 3. The zero-order chi connectivity index (χ0) is 26.3. The van der Waals surface area contributed by atoms with Crippen molar-refractivity contribution in [2.75, 3.05) is 5.32 Å². The van der Waals surface area contributed by atoms with Crippen LogP contribution in [0.25, 0.3) is 55.8 Å². The molecule has 1 amide bonds. The van der Waals surface area contributed by atoms with Crippen LogP contribution in [-0.2, 0) is 4.79 Å². The van der Waals surface area contributed by atoms with Gasteiger partial charge in [-0.1, -0.05) is 25.0 Å². The molecule has 7 rings (SSSR count). The van der Waals surface area contributed by atoms with Crippen molar-refractivity contribution in [1.82, 2.24) is 30.1 Å². The number of H-pyrrole nitrogens is 2. The van der Waals surface area contributed by atoms with E-state index in [9.17, 15) is 9.18 Å². The predicted molar refractivity (Wildman–Crippen MR) is 148 cm³/mol. The summed E-state index contributed by atoms with van der Waals surface area (Å²) >= 11 is 0. The summed E-state index contributed by atoms with van der Waals surface area (Å²) < 4.78 is 13.9. The smallest absolute Gasteiger partial charge is 0.227 e. The van der Waals surface area contributed by atoms with Crippen LogP contribution < -0.4 is 5.32 Å². The second-order valence-corrected chi connectivity index (χ2v) is 9.91. The number of rotatable bonds is 5. The Labute approximate surface area is 222 Å². The molecule has 1 aliphatic rings. The molecule has 0 saturated heterocycles. The van der Waals surface area contributed by atoms with Gasteiger partial charge in [-0.05, 0) is 55.3 Å². The number of aromatic amines is 2. The maximum atomic E-state index is 13.9. The lowest BCUT2D eigenvalue weighted by molar-refractivity contribution is -0.119. The van der Waals surface area contributed by atoms with Gasteiger partial charge in [-0.25, -0.2) is 9.37 Å². The fourth-order valence-electron chi connectivity index (χ4n) is 5.38. The Kier molecular flexibility index (Phi) is 5.61. The molecule has 0 radical (unpaired) electrons. The zero-order valence-electron chi connectivity index (χ0n) is 20.9. The lowest BCUT2D eigenvalue weighted by atomic mass is 10.1. The van der Waals surface area contributed by atoms with Crippen molar-refractivity contribution in [1.29, 1.82) is 0 Å². The van der Waals surface area contributed by atoms with Crippen LogP contribution in [0.4, 0.5) is 10.1 Å². The molecular formula is C30H24FN7O. The molecule has 3 N–H and O–H groups in total. The summed E-state index contributed by atoms with van der Waals surface area (Å²) in [5.41, 5.74) is 7.32. The molecule has 6 aromatic rings. The highest BCUT2D eigenvalue weighted by Gasteiger charge is 2.23. The third kappa shape index (κ3) is 4.31. The SMILES string of the molecule is O=C(Nc1cncc(-c2ccc3[nH]nc(-c4cc5c(-c6cccc(F)c6)nccc5[nH]4)c3n2)c1)C1CCCC1. The first-order valence-corrected chi connectivity index (χ1v) is 13.0. The Morgan fingerprint density at radius 1 is 0.949 bits per heavy atom. The van der Waals surface area contributed by atoms with Gasteiger partial charge in [0, 0.05) is 40.3 Å². The molecule has 1 aromatic carbocycles. The van der Waals surface area contributed by atoms with Crippen molar-refractivity contribution in [2.24, 2.45) is 5.92 Å². The molecule has 1 saturated carbocycles. The van der Waals surface area contributed by atoms with E-state index in [1.165, 1.54) is 12.1 Å². The molecule has 5 heterocycles. The fourth-order valence-corrected chi connectivity index (χ4v) is 5.38. The summed E-state index contributed by atoms with van der Waals surface area (Å²) in [5, 5.41) is 11.5. The highest BCUT2D eigenvalue weighted by Crippen LogP contribution is 2.33. The quantitative estimate of drug-likeness (QED) is 0.242. The van der Waals surface area contributed by atoms with E-state index in [4.69, 9.17) is 4.98 Å². The van der Waals surface area contributed by atoms with E-state index in [-0.39, 0.29) is 17.6 Å². The average Bonchev–Trinajstić information content (AvgIpc) is 3.72. The summed E-state index contributed by atoms with van der Waals surface area (Å²) in [7, 11) is 0. The summed E-state index contributed by atoms with van der Waals surface area (Å²) in [6.07, 6.45) is 9.18. The van der Waals surface area contributed by atoms with E-state index in [2.05, 4.69) is 30.5 Å². The van der Waals surface area contributed by atoms with Crippen LogP contribution in [0.15, 0.2) is 73.2 Å². The number of nitrogens with one attached hydrogen (secondary N) is 3. The van der Waals surface area contributed by atoms with Gasteiger partial charge in [-0.15, -0.1) is 0 Å². The van der Waals surface area contributed by atoms with Crippen LogP contribution in [0.2, 0.25) is 0 Å². The zero-order valence-corrected chi connectivity index (χ0v) is 20.9. The molecule has 0 spiro atoms. The van der Waals surface area contributed by atoms with Crippen molar-refractivity contribution < 1.29 is 9.18 Å². The predicted octanol–water partition coefficient (Wildman–Crippen LogP) is 6.50. The number of benzene rings is 1. The van der Waals surface area contributed by atoms with E-state index in [0.717, 1.165) is 53.4 Å². The highest BCUT2D eigenvalue weighted by atomic mass is 19.1. The largest absolute Gasteiger partial charge is 0.353 e. The number of aromatic nitrogens is 6. The maximum absolute atomic E-state index is 13.9. The van der Waals surface area contributed by atoms with Crippen molar-refractivity contribution in [2.45, 2.75) is 25.7 Å². The average molecular weight is 518 g/mol. The number of amides is 1. The Hall–Kier alpha value is -4.92. The number of nitrogens with zero attached hydrogens (tertiary/aromatic N) is 4. The van der Waals surface area contributed by atoms with Crippen LogP contribution in [0, 0.1) is 11.7 Å². The van der Waals surface area contributed by atoms with Crippen molar-refractivity contribution in [3.05, 3.63) is 79.0 Å².